The highest BCUT2D eigenvalue weighted by Crippen LogP contribution is 2.05. The van der Waals surface area contributed by atoms with Crippen LogP contribution in [0.2, 0.25) is 0 Å². The van der Waals surface area contributed by atoms with Gasteiger partial charge in [-0.3, -0.25) is 0 Å². The molecule has 3 nitrogen and oxygen atoms in total. The van der Waals surface area contributed by atoms with Crippen LogP contribution in [0.4, 0.5) is 0 Å². The number of nitrogens with one attached hydrogen (secondary N) is 1. The molecule has 58 valence electrons. The van der Waals surface area contributed by atoms with E-state index >= 15 is 0 Å². The maximum absolute atomic E-state index is 5.39. The molecule has 0 bridgehead atoms. The summed E-state index contributed by atoms with van der Waals surface area (Å²) < 4.78 is 0. The topological polar surface area (TPSA) is 41.3 Å². The Morgan fingerprint density at radius 3 is 2.90 bits per heavy atom. The Balaban J connectivity index is 2.24. The average molecular weight is 141 g/mol. The monoisotopic (exact) mass is 141 g/mol. The quantitative estimate of drug-likeness (QED) is 0.555. The van der Waals surface area contributed by atoms with Gasteiger partial charge in [0.05, 0.1) is 5.82 Å². The van der Waals surface area contributed by atoms with Gasteiger partial charge in [0.25, 0.3) is 0 Å². The summed E-state index contributed by atoms with van der Waals surface area (Å²) in [5, 5.41) is 3.11. The fourth-order valence-corrected chi connectivity index (χ4v) is 1.32. The predicted molar refractivity (Wildman–Crippen MR) is 42.4 cm³/mol. The van der Waals surface area contributed by atoms with Crippen molar-refractivity contribution in [2.45, 2.75) is 12.5 Å². The lowest BCUT2D eigenvalue weighted by Crippen LogP contribution is -2.33. The van der Waals surface area contributed by atoms with Gasteiger partial charge in [0.2, 0.25) is 0 Å². The van der Waals surface area contributed by atoms with E-state index < -0.39 is 0 Å². The number of nitrogens with two attached hydrogens (primary N) is 1. The van der Waals surface area contributed by atoms with Gasteiger partial charge in [-0.15, -0.1) is 0 Å². The lowest BCUT2D eigenvalue weighted by atomic mass is 10.3. The summed E-state index contributed by atoms with van der Waals surface area (Å²) in [5.74, 6) is 0.584. The molecule has 1 rings (SSSR count). The number of nitrogens with zero attached hydrogens (tertiary/aromatic N) is 1. The number of rotatable bonds is 2. The first-order chi connectivity index (χ1) is 4.68. The molecule has 1 aliphatic rings. The second-order valence-electron chi connectivity index (χ2n) is 2.92. The minimum absolute atomic E-state index is 0.516. The summed E-state index contributed by atoms with van der Waals surface area (Å²) in [6.07, 6.45) is 1.17. The van der Waals surface area contributed by atoms with E-state index in [1.165, 1.54) is 6.42 Å². The number of hydrogen-bond donors (Lipinski definition) is 2. The normalized spacial score (nSPS) is 26.7. The van der Waals surface area contributed by atoms with E-state index in [0.29, 0.717) is 11.9 Å². The first-order valence-corrected chi connectivity index (χ1v) is 3.58. The van der Waals surface area contributed by atoms with Crippen molar-refractivity contribution < 1.29 is 0 Å². The molecule has 1 heterocycles. The molecule has 0 saturated carbocycles. The van der Waals surface area contributed by atoms with Crippen molar-refractivity contribution in [1.82, 2.24) is 10.2 Å². The van der Waals surface area contributed by atoms with Gasteiger partial charge < -0.3 is 16.0 Å². The molecule has 1 aliphatic heterocycles. The van der Waals surface area contributed by atoms with Crippen LogP contribution in [0, 0.1) is 0 Å². The molecule has 1 atom stereocenters. The molecule has 3 heteroatoms. The zero-order valence-electron chi connectivity index (χ0n) is 6.43. The molecule has 1 saturated heterocycles. The Kier molecular flexibility index (Phi) is 2.17. The van der Waals surface area contributed by atoms with Crippen molar-refractivity contribution in [2.75, 3.05) is 20.1 Å². The maximum atomic E-state index is 5.39. The average Bonchev–Trinajstić information content (AvgIpc) is 2.13. The van der Waals surface area contributed by atoms with E-state index in [1.54, 1.807) is 0 Å². The highest BCUT2D eigenvalue weighted by atomic mass is 15.2. The van der Waals surface area contributed by atoms with Crippen molar-refractivity contribution >= 4 is 0 Å². The van der Waals surface area contributed by atoms with E-state index in [4.69, 9.17) is 5.73 Å². The first-order valence-electron chi connectivity index (χ1n) is 3.58. The zero-order valence-corrected chi connectivity index (χ0v) is 6.43. The molecule has 1 fully saturated rings. The Morgan fingerprint density at radius 1 is 1.80 bits per heavy atom. The van der Waals surface area contributed by atoms with Crippen LogP contribution in [0.3, 0.4) is 0 Å². The van der Waals surface area contributed by atoms with Crippen LogP contribution < -0.4 is 11.1 Å². The summed E-state index contributed by atoms with van der Waals surface area (Å²) in [5.41, 5.74) is 5.39. The Morgan fingerprint density at radius 2 is 2.50 bits per heavy atom. The minimum Gasteiger partial charge on any atom is -0.386 e. The van der Waals surface area contributed by atoms with Gasteiger partial charge in [-0.25, -0.2) is 0 Å². The number of likely N-dealkylation sites (tertiary alicyclic amines) is 1. The molecule has 0 aromatic rings. The SMILES string of the molecule is C=C(N)NC1CCN(C)C1. The molecule has 0 aromatic carbocycles. The lowest BCUT2D eigenvalue weighted by molar-refractivity contribution is 0.404. The predicted octanol–water partition coefficient (Wildman–Crippen LogP) is -0.290. The van der Waals surface area contributed by atoms with Gasteiger partial charge in [-0.2, -0.15) is 0 Å². The molecule has 0 aromatic heterocycles. The van der Waals surface area contributed by atoms with Crippen LogP contribution in [0.25, 0.3) is 0 Å². The Labute approximate surface area is 61.9 Å². The second-order valence-corrected chi connectivity index (χ2v) is 2.92. The van der Waals surface area contributed by atoms with Gasteiger partial charge in [0.1, 0.15) is 0 Å². The van der Waals surface area contributed by atoms with Gasteiger partial charge in [0, 0.05) is 12.6 Å². The van der Waals surface area contributed by atoms with Gasteiger partial charge in [-0.05, 0) is 20.0 Å². The molecule has 3 N–H and O–H groups in total. The second kappa shape index (κ2) is 2.92. The zero-order chi connectivity index (χ0) is 7.56. The summed E-state index contributed by atoms with van der Waals surface area (Å²) in [6, 6.07) is 0.516. The lowest BCUT2D eigenvalue weighted by Gasteiger charge is -2.12. The first kappa shape index (κ1) is 7.41. The van der Waals surface area contributed by atoms with Gasteiger partial charge in [-0.1, -0.05) is 6.58 Å². The van der Waals surface area contributed by atoms with Gasteiger partial charge in [0.15, 0.2) is 0 Å². The maximum Gasteiger partial charge on any atom is 0.0888 e. The standard InChI is InChI=1S/C7H15N3/c1-6(8)9-7-3-4-10(2)5-7/h7,9H,1,3-5,8H2,2H3. The van der Waals surface area contributed by atoms with Crippen molar-refractivity contribution in [1.29, 1.82) is 0 Å². The van der Waals surface area contributed by atoms with Crippen LogP contribution in [0.15, 0.2) is 12.4 Å². The minimum atomic E-state index is 0.516. The third kappa shape index (κ3) is 1.92. The van der Waals surface area contributed by atoms with Crippen molar-refractivity contribution in [3.63, 3.8) is 0 Å². The molecule has 0 spiro atoms. The van der Waals surface area contributed by atoms with Gasteiger partial charge >= 0.3 is 0 Å². The van der Waals surface area contributed by atoms with E-state index in [2.05, 4.69) is 23.8 Å². The molecule has 0 amide bonds. The molecular weight excluding hydrogens is 126 g/mol. The summed E-state index contributed by atoms with van der Waals surface area (Å²) in [4.78, 5) is 2.28. The Bertz CT molecular complexity index is 133. The van der Waals surface area contributed by atoms with Crippen molar-refractivity contribution in [3.8, 4) is 0 Å². The van der Waals surface area contributed by atoms with E-state index in [9.17, 15) is 0 Å². The fraction of sp³-hybridized carbons (Fsp3) is 0.714. The van der Waals surface area contributed by atoms with E-state index in [-0.39, 0.29) is 0 Å². The third-order valence-corrected chi connectivity index (χ3v) is 1.78. The summed E-state index contributed by atoms with van der Waals surface area (Å²) in [6.45, 7) is 5.83. The molecule has 0 radical (unpaired) electrons. The highest BCUT2D eigenvalue weighted by Gasteiger charge is 2.18. The van der Waals surface area contributed by atoms with Crippen LogP contribution in [-0.4, -0.2) is 31.1 Å². The number of hydrogen-bond acceptors (Lipinski definition) is 3. The smallest absolute Gasteiger partial charge is 0.0888 e. The van der Waals surface area contributed by atoms with E-state index in [1.807, 2.05) is 0 Å². The fourth-order valence-electron chi connectivity index (χ4n) is 1.32. The van der Waals surface area contributed by atoms with Crippen LogP contribution in [-0.2, 0) is 0 Å². The molecule has 1 unspecified atom stereocenters. The van der Waals surface area contributed by atoms with Crippen LogP contribution in [0.1, 0.15) is 6.42 Å². The van der Waals surface area contributed by atoms with Crippen molar-refractivity contribution in [2.24, 2.45) is 5.73 Å². The third-order valence-electron chi connectivity index (χ3n) is 1.78. The van der Waals surface area contributed by atoms with Crippen molar-refractivity contribution in [3.05, 3.63) is 12.4 Å². The molecule has 0 aliphatic carbocycles. The van der Waals surface area contributed by atoms with Crippen LogP contribution >= 0.6 is 0 Å². The summed E-state index contributed by atoms with van der Waals surface area (Å²) >= 11 is 0. The highest BCUT2D eigenvalue weighted by molar-refractivity contribution is 4.90. The Hall–Kier alpha value is -0.700. The molecule has 10 heavy (non-hydrogen) atoms. The van der Waals surface area contributed by atoms with Crippen LogP contribution in [0.5, 0.6) is 0 Å². The largest absolute Gasteiger partial charge is 0.386 e. The number of likely N-dealkylation sites (N-methyl/N-ethyl adjacent to an activating group) is 1. The molecular formula is C7H15N3. The van der Waals surface area contributed by atoms with E-state index in [0.717, 1.165) is 13.1 Å². The summed E-state index contributed by atoms with van der Waals surface area (Å²) in [7, 11) is 2.11.